The highest BCUT2D eigenvalue weighted by atomic mass is 32.1. The van der Waals surface area contributed by atoms with Crippen molar-refractivity contribution in [2.45, 2.75) is 13.1 Å². The Balaban J connectivity index is 1.67. The lowest BCUT2D eigenvalue weighted by atomic mass is 10.3. The molecular formula is C13H13N5S. The standard InChI is InChI=1S/C13H13N5S/c1-2-4-12(5-3-1)18-13(15-16-17-18)9-14-8-11-6-7-19-10-11/h1-7,10,14H,8-9H2. The van der Waals surface area contributed by atoms with Gasteiger partial charge in [0.05, 0.1) is 12.2 Å². The van der Waals surface area contributed by atoms with Gasteiger partial charge in [0.15, 0.2) is 5.82 Å². The van der Waals surface area contributed by atoms with Gasteiger partial charge in [0.2, 0.25) is 0 Å². The van der Waals surface area contributed by atoms with Gasteiger partial charge in [0.25, 0.3) is 0 Å². The number of thiophene rings is 1. The molecule has 6 heteroatoms. The van der Waals surface area contributed by atoms with Crippen molar-refractivity contribution in [3.8, 4) is 5.69 Å². The van der Waals surface area contributed by atoms with E-state index in [2.05, 4.69) is 37.7 Å². The van der Waals surface area contributed by atoms with E-state index in [1.54, 1.807) is 16.0 Å². The highest BCUT2D eigenvalue weighted by molar-refractivity contribution is 7.07. The molecule has 0 fully saturated rings. The van der Waals surface area contributed by atoms with E-state index >= 15 is 0 Å². The van der Waals surface area contributed by atoms with Crippen molar-refractivity contribution in [3.05, 3.63) is 58.5 Å². The number of para-hydroxylation sites is 1. The van der Waals surface area contributed by atoms with Crippen molar-refractivity contribution in [1.82, 2.24) is 25.5 Å². The maximum atomic E-state index is 4.05. The molecule has 0 radical (unpaired) electrons. The Morgan fingerprint density at radius 2 is 2.00 bits per heavy atom. The molecule has 0 atom stereocenters. The Morgan fingerprint density at radius 3 is 2.79 bits per heavy atom. The molecule has 0 spiro atoms. The van der Waals surface area contributed by atoms with Gasteiger partial charge in [-0.3, -0.25) is 0 Å². The van der Waals surface area contributed by atoms with E-state index < -0.39 is 0 Å². The van der Waals surface area contributed by atoms with E-state index in [9.17, 15) is 0 Å². The number of aromatic nitrogens is 4. The fourth-order valence-electron chi connectivity index (χ4n) is 1.80. The lowest BCUT2D eigenvalue weighted by Crippen LogP contribution is -2.16. The van der Waals surface area contributed by atoms with Crippen LogP contribution in [0.5, 0.6) is 0 Å². The van der Waals surface area contributed by atoms with E-state index in [1.165, 1.54) is 5.56 Å². The highest BCUT2D eigenvalue weighted by Crippen LogP contribution is 2.08. The second kappa shape index (κ2) is 5.73. The van der Waals surface area contributed by atoms with Crippen molar-refractivity contribution < 1.29 is 0 Å². The van der Waals surface area contributed by atoms with Gasteiger partial charge in [-0.15, -0.1) is 5.10 Å². The third-order valence-electron chi connectivity index (χ3n) is 2.73. The molecule has 0 bridgehead atoms. The van der Waals surface area contributed by atoms with Gasteiger partial charge in [0, 0.05) is 6.54 Å². The van der Waals surface area contributed by atoms with Crippen LogP contribution in [0.2, 0.25) is 0 Å². The van der Waals surface area contributed by atoms with Crippen LogP contribution in [0.25, 0.3) is 5.69 Å². The van der Waals surface area contributed by atoms with Gasteiger partial charge >= 0.3 is 0 Å². The first-order chi connectivity index (χ1) is 9.43. The van der Waals surface area contributed by atoms with Gasteiger partial charge < -0.3 is 5.32 Å². The van der Waals surface area contributed by atoms with Crippen LogP contribution in [0.1, 0.15) is 11.4 Å². The van der Waals surface area contributed by atoms with E-state index in [-0.39, 0.29) is 0 Å². The molecule has 3 rings (SSSR count). The average Bonchev–Trinajstić information content (AvgIpc) is 3.11. The molecule has 0 aliphatic carbocycles. The second-order valence-corrected chi connectivity index (χ2v) is 4.86. The number of tetrazole rings is 1. The van der Waals surface area contributed by atoms with Gasteiger partial charge in [-0.25, -0.2) is 0 Å². The summed E-state index contributed by atoms with van der Waals surface area (Å²) in [5.74, 6) is 0.807. The molecule has 0 unspecified atom stereocenters. The first-order valence-corrected chi connectivity index (χ1v) is 6.92. The summed E-state index contributed by atoms with van der Waals surface area (Å²) in [7, 11) is 0. The van der Waals surface area contributed by atoms with Crippen molar-refractivity contribution in [2.75, 3.05) is 0 Å². The number of hydrogen-bond acceptors (Lipinski definition) is 5. The third-order valence-corrected chi connectivity index (χ3v) is 3.46. The summed E-state index contributed by atoms with van der Waals surface area (Å²) in [6.07, 6.45) is 0. The number of rotatable bonds is 5. The number of hydrogen-bond donors (Lipinski definition) is 1. The van der Waals surface area contributed by atoms with E-state index in [1.807, 2.05) is 30.3 Å². The van der Waals surface area contributed by atoms with Crippen LogP contribution in [-0.4, -0.2) is 20.2 Å². The summed E-state index contributed by atoms with van der Waals surface area (Å²) in [5.41, 5.74) is 2.25. The first kappa shape index (κ1) is 12.0. The van der Waals surface area contributed by atoms with Crippen LogP contribution in [0.15, 0.2) is 47.2 Å². The lowest BCUT2D eigenvalue weighted by Gasteiger charge is -2.05. The van der Waals surface area contributed by atoms with E-state index in [0.29, 0.717) is 6.54 Å². The molecule has 3 aromatic rings. The lowest BCUT2D eigenvalue weighted by molar-refractivity contribution is 0.642. The molecule has 5 nitrogen and oxygen atoms in total. The molecular weight excluding hydrogens is 258 g/mol. The Hall–Kier alpha value is -2.05. The molecule has 0 saturated heterocycles. The molecule has 0 saturated carbocycles. The van der Waals surface area contributed by atoms with Crippen LogP contribution in [0, 0.1) is 0 Å². The number of nitrogens with zero attached hydrogens (tertiary/aromatic N) is 4. The number of benzene rings is 1. The molecule has 96 valence electrons. The average molecular weight is 271 g/mol. The normalized spacial score (nSPS) is 10.7. The Labute approximate surface area is 114 Å². The van der Waals surface area contributed by atoms with Crippen molar-refractivity contribution in [1.29, 1.82) is 0 Å². The minimum Gasteiger partial charge on any atom is -0.306 e. The quantitative estimate of drug-likeness (QED) is 0.771. The second-order valence-electron chi connectivity index (χ2n) is 4.08. The molecule has 1 N–H and O–H groups in total. The summed E-state index contributed by atoms with van der Waals surface area (Å²) in [6, 6.07) is 12.0. The molecule has 0 aliphatic rings. The van der Waals surface area contributed by atoms with Crippen LogP contribution < -0.4 is 5.32 Å². The predicted octanol–water partition coefficient (Wildman–Crippen LogP) is 2.01. The first-order valence-electron chi connectivity index (χ1n) is 5.98. The Bertz CT molecular complexity index is 618. The number of nitrogens with one attached hydrogen (secondary N) is 1. The zero-order valence-corrected chi connectivity index (χ0v) is 11.0. The fourth-order valence-corrected chi connectivity index (χ4v) is 2.47. The topological polar surface area (TPSA) is 55.6 Å². The third kappa shape index (κ3) is 2.86. The molecule has 0 aliphatic heterocycles. The summed E-state index contributed by atoms with van der Waals surface area (Å²) >= 11 is 1.70. The van der Waals surface area contributed by atoms with E-state index in [4.69, 9.17) is 0 Å². The minimum atomic E-state index is 0.637. The monoisotopic (exact) mass is 271 g/mol. The Kier molecular flexibility index (Phi) is 3.62. The summed E-state index contributed by atoms with van der Waals surface area (Å²) < 4.78 is 1.75. The molecule has 1 aromatic carbocycles. The van der Waals surface area contributed by atoms with Crippen molar-refractivity contribution in [3.63, 3.8) is 0 Å². The zero-order valence-electron chi connectivity index (χ0n) is 10.2. The van der Waals surface area contributed by atoms with Crippen LogP contribution in [0.4, 0.5) is 0 Å². The SMILES string of the molecule is c1ccc(-n2nnnc2CNCc2ccsc2)cc1. The molecule has 2 aromatic heterocycles. The van der Waals surface area contributed by atoms with Crippen LogP contribution >= 0.6 is 11.3 Å². The highest BCUT2D eigenvalue weighted by Gasteiger charge is 2.07. The van der Waals surface area contributed by atoms with Gasteiger partial charge in [0.1, 0.15) is 0 Å². The maximum Gasteiger partial charge on any atom is 0.170 e. The fraction of sp³-hybridized carbons (Fsp3) is 0.154. The largest absolute Gasteiger partial charge is 0.306 e. The minimum absolute atomic E-state index is 0.637. The predicted molar refractivity (Wildman–Crippen MR) is 74.0 cm³/mol. The van der Waals surface area contributed by atoms with Crippen molar-refractivity contribution >= 4 is 11.3 Å². The summed E-state index contributed by atoms with van der Waals surface area (Å²) in [5, 5.41) is 19.4. The zero-order chi connectivity index (χ0) is 12.9. The van der Waals surface area contributed by atoms with Gasteiger partial charge in [-0.05, 0) is 44.9 Å². The van der Waals surface area contributed by atoms with Crippen LogP contribution in [0.3, 0.4) is 0 Å². The van der Waals surface area contributed by atoms with Crippen LogP contribution in [-0.2, 0) is 13.1 Å². The molecule has 2 heterocycles. The van der Waals surface area contributed by atoms with E-state index in [0.717, 1.165) is 18.1 Å². The smallest absolute Gasteiger partial charge is 0.170 e. The van der Waals surface area contributed by atoms with Gasteiger partial charge in [-0.1, -0.05) is 18.2 Å². The Morgan fingerprint density at radius 1 is 1.11 bits per heavy atom. The maximum absolute atomic E-state index is 4.05. The summed E-state index contributed by atoms with van der Waals surface area (Å²) in [4.78, 5) is 0. The van der Waals surface area contributed by atoms with Gasteiger partial charge in [-0.2, -0.15) is 16.0 Å². The van der Waals surface area contributed by atoms with Crippen molar-refractivity contribution in [2.24, 2.45) is 0 Å². The molecule has 19 heavy (non-hydrogen) atoms. The summed E-state index contributed by atoms with van der Waals surface area (Å²) in [6.45, 7) is 1.46. The molecule has 0 amide bonds.